The molecule has 2 heteroatoms. The Bertz CT molecular complexity index is 564. The fourth-order valence-electron chi connectivity index (χ4n) is 1.81. The molecule has 0 aliphatic rings. The smallest absolute Gasteiger partial charge is 0.176 e. The van der Waals surface area contributed by atoms with Gasteiger partial charge in [-0.25, -0.2) is 0 Å². The molecule has 0 atom stereocenters. The van der Waals surface area contributed by atoms with Crippen molar-refractivity contribution >= 4 is 5.78 Å². The molecular formula is C16H13NO. The maximum absolute atomic E-state index is 11.5. The van der Waals surface area contributed by atoms with E-state index in [4.69, 9.17) is 5.26 Å². The Labute approximate surface area is 107 Å². The van der Waals surface area contributed by atoms with Crippen LogP contribution in [0, 0.1) is 11.3 Å². The highest BCUT2D eigenvalue weighted by Gasteiger charge is 2.04. The summed E-state index contributed by atoms with van der Waals surface area (Å²) in [6, 6.07) is 19.5. The lowest BCUT2D eigenvalue weighted by Crippen LogP contribution is -1.97. The maximum atomic E-state index is 11.5. The third kappa shape index (κ3) is 3.05. The van der Waals surface area contributed by atoms with E-state index in [2.05, 4.69) is 12.1 Å². The SMILES string of the molecule is N#CCC(=O)c1ccc(Cc2ccccc2)cc1. The van der Waals surface area contributed by atoms with Gasteiger partial charge >= 0.3 is 0 Å². The molecule has 0 radical (unpaired) electrons. The van der Waals surface area contributed by atoms with Crippen molar-refractivity contribution in [2.24, 2.45) is 0 Å². The van der Waals surface area contributed by atoms with Crippen molar-refractivity contribution < 1.29 is 4.79 Å². The van der Waals surface area contributed by atoms with Gasteiger partial charge in [0.1, 0.15) is 0 Å². The number of benzene rings is 2. The van der Waals surface area contributed by atoms with Gasteiger partial charge in [-0.15, -0.1) is 0 Å². The van der Waals surface area contributed by atoms with E-state index in [9.17, 15) is 4.79 Å². The fourth-order valence-corrected chi connectivity index (χ4v) is 1.81. The highest BCUT2D eigenvalue weighted by atomic mass is 16.1. The molecular weight excluding hydrogens is 222 g/mol. The topological polar surface area (TPSA) is 40.9 Å². The number of nitriles is 1. The molecule has 88 valence electrons. The summed E-state index contributed by atoms with van der Waals surface area (Å²) in [5.41, 5.74) is 3.01. The van der Waals surface area contributed by atoms with Crippen LogP contribution >= 0.6 is 0 Å². The summed E-state index contributed by atoms with van der Waals surface area (Å²) in [5, 5.41) is 8.48. The largest absolute Gasteiger partial charge is 0.293 e. The molecule has 2 rings (SSSR count). The van der Waals surface area contributed by atoms with Gasteiger partial charge < -0.3 is 0 Å². The number of Topliss-reactive ketones (excluding diaryl/α,β-unsaturated/α-hetero) is 1. The van der Waals surface area contributed by atoms with E-state index in [1.807, 2.05) is 36.4 Å². The predicted molar refractivity (Wildman–Crippen MR) is 70.3 cm³/mol. The third-order valence-corrected chi connectivity index (χ3v) is 2.77. The van der Waals surface area contributed by atoms with Crippen LogP contribution in [0.5, 0.6) is 0 Å². The van der Waals surface area contributed by atoms with Gasteiger partial charge in [-0.2, -0.15) is 5.26 Å². The minimum absolute atomic E-state index is 0.0575. The van der Waals surface area contributed by atoms with E-state index in [0.29, 0.717) is 5.56 Å². The van der Waals surface area contributed by atoms with E-state index >= 15 is 0 Å². The minimum Gasteiger partial charge on any atom is -0.293 e. The van der Waals surface area contributed by atoms with E-state index in [1.54, 1.807) is 12.1 Å². The van der Waals surface area contributed by atoms with Crippen LogP contribution in [0.1, 0.15) is 27.9 Å². The predicted octanol–water partition coefficient (Wildman–Crippen LogP) is 3.37. The molecule has 0 saturated heterocycles. The average Bonchev–Trinajstić information content (AvgIpc) is 2.41. The molecule has 0 aromatic heterocycles. The van der Waals surface area contributed by atoms with Crippen LogP contribution in [0.15, 0.2) is 54.6 Å². The highest BCUT2D eigenvalue weighted by molar-refractivity contribution is 5.97. The normalized spacial score (nSPS) is 9.72. The van der Waals surface area contributed by atoms with Crippen molar-refractivity contribution in [1.29, 1.82) is 5.26 Å². The van der Waals surface area contributed by atoms with Gasteiger partial charge in [0.15, 0.2) is 5.78 Å². The Morgan fingerprint density at radius 1 is 0.944 bits per heavy atom. The van der Waals surface area contributed by atoms with E-state index in [0.717, 1.165) is 12.0 Å². The van der Waals surface area contributed by atoms with E-state index in [1.165, 1.54) is 5.56 Å². The summed E-state index contributed by atoms with van der Waals surface area (Å²) in [4.78, 5) is 11.5. The number of carbonyl (C=O) groups excluding carboxylic acids is 1. The van der Waals surface area contributed by atoms with Crippen molar-refractivity contribution in [3.8, 4) is 6.07 Å². The first-order valence-corrected chi connectivity index (χ1v) is 5.82. The maximum Gasteiger partial charge on any atom is 0.176 e. The zero-order valence-corrected chi connectivity index (χ0v) is 9.97. The Morgan fingerprint density at radius 2 is 1.56 bits per heavy atom. The standard InChI is InChI=1S/C16H13NO/c17-11-10-16(18)15-8-6-14(7-9-15)12-13-4-2-1-3-5-13/h1-9H,10,12H2. The second-order valence-corrected chi connectivity index (χ2v) is 4.12. The first kappa shape index (κ1) is 12.1. The van der Waals surface area contributed by atoms with Crippen molar-refractivity contribution in [3.05, 3.63) is 71.3 Å². The van der Waals surface area contributed by atoms with Crippen LogP contribution in [0.2, 0.25) is 0 Å². The molecule has 2 aromatic rings. The van der Waals surface area contributed by atoms with Gasteiger partial charge in [0.2, 0.25) is 0 Å². The quantitative estimate of drug-likeness (QED) is 0.762. The molecule has 0 amide bonds. The molecule has 0 heterocycles. The number of nitrogens with zero attached hydrogens (tertiary/aromatic N) is 1. The van der Waals surface area contributed by atoms with Gasteiger partial charge in [0.05, 0.1) is 12.5 Å². The van der Waals surface area contributed by atoms with E-state index < -0.39 is 0 Å². The molecule has 0 unspecified atom stereocenters. The molecule has 18 heavy (non-hydrogen) atoms. The monoisotopic (exact) mass is 235 g/mol. The number of hydrogen-bond donors (Lipinski definition) is 0. The van der Waals surface area contributed by atoms with Crippen molar-refractivity contribution in [2.75, 3.05) is 0 Å². The van der Waals surface area contributed by atoms with Gasteiger partial charge in [0, 0.05) is 5.56 Å². The summed E-state index contributed by atoms with van der Waals surface area (Å²) in [6.07, 6.45) is 0.797. The summed E-state index contributed by atoms with van der Waals surface area (Å²) >= 11 is 0. The number of ketones is 1. The highest BCUT2D eigenvalue weighted by Crippen LogP contribution is 2.11. The summed E-state index contributed by atoms with van der Waals surface area (Å²) < 4.78 is 0. The van der Waals surface area contributed by atoms with Crippen molar-refractivity contribution in [1.82, 2.24) is 0 Å². The van der Waals surface area contributed by atoms with Crippen molar-refractivity contribution in [3.63, 3.8) is 0 Å². The number of hydrogen-bond acceptors (Lipinski definition) is 2. The van der Waals surface area contributed by atoms with Crippen LogP contribution in [-0.2, 0) is 6.42 Å². The van der Waals surface area contributed by atoms with Crippen LogP contribution < -0.4 is 0 Å². The zero-order valence-electron chi connectivity index (χ0n) is 9.97. The summed E-state index contributed by atoms with van der Waals surface area (Å²) in [6.45, 7) is 0. The lowest BCUT2D eigenvalue weighted by molar-refractivity contribution is 0.0997. The van der Waals surface area contributed by atoms with Crippen LogP contribution in [0.25, 0.3) is 0 Å². The summed E-state index contributed by atoms with van der Waals surface area (Å²) in [5.74, 6) is -0.122. The molecule has 0 aliphatic heterocycles. The molecule has 0 bridgehead atoms. The Hall–Kier alpha value is -2.40. The Balaban J connectivity index is 2.09. The van der Waals surface area contributed by atoms with Crippen molar-refractivity contribution in [2.45, 2.75) is 12.8 Å². The third-order valence-electron chi connectivity index (χ3n) is 2.77. The lowest BCUT2D eigenvalue weighted by atomic mass is 10.0. The summed E-state index contributed by atoms with van der Waals surface area (Å²) in [7, 11) is 0. The Kier molecular flexibility index (Phi) is 3.88. The second kappa shape index (κ2) is 5.79. The van der Waals surface area contributed by atoms with E-state index in [-0.39, 0.29) is 12.2 Å². The molecule has 2 aromatic carbocycles. The molecule has 0 aliphatic carbocycles. The first-order valence-electron chi connectivity index (χ1n) is 5.82. The van der Waals surface area contributed by atoms with Crippen LogP contribution in [0.4, 0.5) is 0 Å². The number of carbonyl (C=O) groups is 1. The number of rotatable bonds is 4. The van der Waals surface area contributed by atoms with Crippen LogP contribution in [-0.4, -0.2) is 5.78 Å². The molecule has 2 nitrogen and oxygen atoms in total. The van der Waals surface area contributed by atoms with Gasteiger partial charge in [-0.05, 0) is 17.5 Å². The minimum atomic E-state index is -0.122. The van der Waals surface area contributed by atoms with Crippen LogP contribution in [0.3, 0.4) is 0 Å². The van der Waals surface area contributed by atoms with Gasteiger partial charge in [-0.3, -0.25) is 4.79 Å². The molecule has 0 N–H and O–H groups in total. The fraction of sp³-hybridized carbons (Fsp3) is 0.125. The van der Waals surface area contributed by atoms with Gasteiger partial charge in [-0.1, -0.05) is 54.6 Å². The molecule has 0 spiro atoms. The second-order valence-electron chi connectivity index (χ2n) is 4.12. The first-order chi connectivity index (χ1) is 8.79. The average molecular weight is 235 g/mol. The molecule has 0 fully saturated rings. The Morgan fingerprint density at radius 3 is 2.17 bits per heavy atom. The molecule has 0 saturated carbocycles. The lowest BCUT2D eigenvalue weighted by Gasteiger charge is -2.03. The van der Waals surface area contributed by atoms with Gasteiger partial charge in [0.25, 0.3) is 0 Å². The zero-order chi connectivity index (χ0) is 12.8.